The van der Waals surface area contributed by atoms with Gasteiger partial charge in [-0.2, -0.15) is 4.31 Å². The van der Waals surface area contributed by atoms with E-state index in [9.17, 15) is 17.2 Å². The summed E-state index contributed by atoms with van der Waals surface area (Å²) in [7, 11) is -3.98. The first-order chi connectivity index (χ1) is 8.43. The predicted molar refractivity (Wildman–Crippen MR) is 69.6 cm³/mol. The summed E-state index contributed by atoms with van der Waals surface area (Å²) in [4.78, 5) is -0.613. The average molecular weight is 313 g/mol. The van der Waals surface area contributed by atoms with E-state index in [0.29, 0.717) is 12.8 Å². The minimum atomic E-state index is -3.98. The van der Waals surface area contributed by atoms with Crippen LogP contribution in [-0.2, 0) is 10.0 Å². The Morgan fingerprint density at radius 1 is 1.21 bits per heavy atom. The smallest absolute Gasteiger partial charge is 0.246 e. The number of nitrogens with two attached hydrogens (primary N) is 1. The molecule has 0 bridgehead atoms. The van der Waals surface area contributed by atoms with E-state index in [4.69, 9.17) is 5.73 Å². The first-order valence-electron chi connectivity index (χ1n) is 5.62. The maximum atomic E-state index is 13.5. The Bertz CT molecular complexity index is 546. The van der Waals surface area contributed by atoms with Gasteiger partial charge in [0.25, 0.3) is 0 Å². The molecule has 0 spiro atoms. The highest BCUT2D eigenvalue weighted by atomic mass is 35.5. The summed E-state index contributed by atoms with van der Waals surface area (Å²) in [6, 6.07) is 3.11. The van der Waals surface area contributed by atoms with Gasteiger partial charge < -0.3 is 5.73 Å². The molecule has 0 atom stereocenters. The lowest BCUT2D eigenvalue weighted by Crippen LogP contribution is -2.43. The third-order valence-electron chi connectivity index (χ3n) is 3.03. The molecule has 1 aliphatic rings. The SMILES string of the molecule is Cl.NC1CCN(S(=O)(=O)c2cccc(F)c2F)CC1. The van der Waals surface area contributed by atoms with Crippen LogP contribution in [0.4, 0.5) is 8.78 Å². The molecule has 4 nitrogen and oxygen atoms in total. The van der Waals surface area contributed by atoms with Gasteiger partial charge in [0.2, 0.25) is 10.0 Å². The summed E-state index contributed by atoms with van der Waals surface area (Å²) in [5, 5.41) is 0. The number of nitrogens with zero attached hydrogens (tertiary/aromatic N) is 1. The number of rotatable bonds is 2. The van der Waals surface area contributed by atoms with Crippen LogP contribution < -0.4 is 5.73 Å². The van der Waals surface area contributed by atoms with Crippen molar-refractivity contribution in [2.24, 2.45) is 5.73 Å². The second kappa shape index (κ2) is 6.13. The van der Waals surface area contributed by atoms with Crippen LogP contribution in [0.25, 0.3) is 0 Å². The quantitative estimate of drug-likeness (QED) is 0.900. The van der Waals surface area contributed by atoms with Crippen LogP contribution >= 0.6 is 12.4 Å². The maximum Gasteiger partial charge on any atom is 0.246 e. The standard InChI is InChI=1S/C11H14F2N2O2S.ClH/c12-9-2-1-3-10(11(9)13)18(16,17)15-6-4-8(14)5-7-15;/h1-3,8H,4-7,14H2;1H. The van der Waals surface area contributed by atoms with Crippen LogP contribution in [0.5, 0.6) is 0 Å². The molecule has 0 aliphatic carbocycles. The van der Waals surface area contributed by atoms with Gasteiger partial charge in [0.05, 0.1) is 0 Å². The van der Waals surface area contributed by atoms with Crippen molar-refractivity contribution in [2.75, 3.05) is 13.1 Å². The van der Waals surface area contributed by atoms with E-state index < -0.39 is 26.6 Å². The van der Waals surface area contributed by atoms with Gasteiger partial charge in [-0.3, -0.25) is 0 Å². The van der Waals surface area contributed by atoms with E-state index in [1.54, 1.807) is 0 Å². The Morgan fingerprint density at radius 3 is 2.37 bits per heavy atom. The molecule has 2 N–H and O–H groups in total. The third kappa shape index (κ3) is 3.22. The first kappa shape index (κ1) is 16.3. The van der Waals surface area contributed by atoms with Gasteiger partial charge in [-0.1, -0.05) is 6.07 Å². The molecule has 2 rings (SSSR count). The molecule has 0 amide bonds. The zero-order chi connectivity index (χ0) is 13.3. The number of hydrogen-bond acceptors (Lipinski definition) is 3. The van der Waals surface area contributed by atoms with E-state index in [1.807, 2.05) is 0 Å². The molecule has 0 unspecified atom stereocenters. The summed E-state index contributed by atoms with van der Waals surface area (Å²) in [6.45, 7) is 0.471. The average Bonchev–Trinajstić information content (AvgIpc) is 2.33. The minimum Gasteiger partial charge on any atom is -0.328 e. The van der Waals surface area contributed by atoms with Gasteiger partial charge in [0.1, 0.15) is 4.90 Å². The zero-order valence-corrected chi connectivity index (χ0v) is 11.7. The predicted octanol–water partition coefficient (Wildman–Crippen LogP) is 1.50. The Labute approximate surface area is 117 Å². The highest BCUT2D eigenvalue weighted by Crippen LogP contribution is 2.23. The maximum absolute atomic E-state index is 13.5. The van der Waals surface area contributed by atoms with Gasteiger partial charge in [-0.15, -0.1) is 12.4 Å². The highest BCUT2D eigenvalue weighted by Gasteiger charge is 2.31. The van der Waals surface area contributed by atoms with Crippen LogP contribution in [0, 0.1) is 11.6 Å². The van der Waals surface area contributed by atoms with E-state index in [2.05, 4.69) is 0 Å². The van der Waals surface area contributed by atoms with Gasteiger partial charge in [-0.05, 0) is 25.0 Å². The molecule has 1 aliphatic heterocycles. The molecular formula is C11H15ClF2N2O2S. The highest BCUT2D eigenvalue weighted by molar-refractivity contribution is 7.89. The fourth-order valence-electron chi connectivity index (χ4n) is 1.94. The summed E-state index contributed by atoms with van der Waals surface area (Å²) >= 11 is 0. The second-order valence-corrected chi connectivity index (χ2v) is 6.20. The normalized spacial score (nSPS) is 18.1. The number of halogens is 3. The third-order valence-corrected chi connectivity index (χ3v) is 4.95. The van der Waals surface area contributed by atoms with Crippen molar-refractivity contribution in [3.05, 3.63) is 29.8 Å². The van der Waals surface area contributed by atoms with Crippen molar-refractivity contribution in [1.29, 1.82) is 0 Å². The van der Waals surface area contributed by atoms with Crippen molar-refractivity contribution < 1.29 is 17.2 Å². The second-order valence-electron chi connectivity index (χ2n) is 4.29. The molecular weight excluding hydrogens is 298 g/mol. The zero-order valence-electron chi connectivity index (χ0n) is 10.1. The van der Waals surface area contributed by atoms with Crippen LogP contribution in [-0.4, -0.2) is 31.9 Å². The molecule has 8 heteroatoms. The number of piperidine rings is 1. The van der Waals surface area contributed by atoms with Crippen LogP contribution in [0.15, 0.2) is 23.1 Å². The van der Waals surface area contributed by atoms with Crippen molar-refractivity contribution in [3.63, 3.8) is 0 Å². The Balaban J connectivity index is 0.00000180. The fraction of sp³-hybridized carbons (Fsp3) is 0.455. The van der Waals surface area contributed by atoms with Gasteiger partial charge in [-0.25, -0.2) is 17.2 Å². The topological polar surface area (TPSA) is 63.4 Å². The number of hydrogen-bond donors (Lipinski definition) is 1. The first-order valence-corrected chi connectivity index (χ1v) is 7.06. The van der Waals surface area contributed by atoms with Gasteiger partial charge >= 0.3 is 0 Å². The van der Waals surface area contributed by atoms with Crippen molar-refractivity contribution in [3.8, 4) is 0 Å². The van der Waals surface area contributed by atoms with Crippen molar-refractivity contribution in [2.45, 2.75) is 23.8 Å². The Hall–Kier alpha value is -0.760. The van der Waals surface area contributed by atoms with Crippen LogP contribution in [0.1, 0.15) is 12.8 Å². The molecule has 0 saturated carbocycles. The summed E-state index contributed by atoms with van der Waals surface area (Å²) < 4.78 is 52.0. The fourth-order valence-corrected chi connectivity index (χ4v) is 3.48. The monoisotopic (exact) mass is 312 g/mol. The van der Waals surface area contributed by atoms with E-state index in [-0.39, 0.29) is 31.5 Å². The summed E-state index contributed by atoms with van der Waals surface area (Å²) in [6.07, 6.45) is 1.05. The molecule has 108 valence electrons. The molecule has 19 heavy (non-hydrogen) atoms. The lowest BCUT2D eigenvalue weighted by Gasteiger charge is -2.29. The van der Waals surface area contributed by atoms with Crippen LogP contribution in [0.3, 0.4) is 0 Å². The molecule has 1 fully saturated rings. The van der Waals surface area contributed by atoms with Gasteiger partial charge in [0, 0.05) is 19.1 Å². The molecule has 1 heterocycles. The molecule has 1 aromatic rings. The molecule has 1 saturated heterocycles. The number of sulfonamides is 1. The lowest BCUT2D eigenvalue weighted by atomic mass is 10.1. The van der Waals surface area contributed by atoms with Gasteiger partial charge in [0.15, 0.2) is 11.6 Å². The largest absolute Gasteiger partial charge is 0.328 e. The molecule has 0 aromatic heterocycles. The Kier molecular flexibility index (Phi) is 5.26. The van der Waals surface area contributed by atoms with Crippen molar-refractivity contribution in [1.82, 2.24) is 4.31 Å². The lowest BCUT2D eigenvalue weighted by molar-refractivity contribution is 0.318. The summed E-state index contributed by atoms with van der Waals surface area (Å²) in [5.74, 6) is -2.49. The van der Waals surface area contributed by atoms with E-state index in [1.165, 1.54) is 6.07 Å². The summed E-state index contributed by atoms with van der Waals surface area (Å²) in [5.41, 5.74) is 5.68. The Morgan fingerprint density at radius 2 is 1.79 bits per heavy atom. The van der Waals surface area contributed by atoms with E-state index >= 15 is 0 Å². The number of benzene rings is 1. The van der Waals surface area contributed by atoms with Crippen molar-refractivity contribution >= 4 is 22.4 Å². The minimum absolute atomic E-state index is 0. The molecule has 1 aromatic carbocycles. The van der Waals surface area contributed by atoms with Crippen LogP contribution in [0.2, 0.25) is 0 Å². The van der Waals surface area contributed by atoms with E-state index in [0.717, 1.165) is 16.4 Å². The molecule has 0 radical (unpaired) electrons.